The van der Waals surface area contributed by atoms with Gasteiger partial charge in [-0.25, -0.2) is 8.42 Å². The molecule has 1 unspecified atom stereocenters. The Hall–Kier alpha value is -3.20. The fraction of sp³-hybridized carbons (Fsp3) is 0.310. The van der Waals surface area contributed by atoms with Crippen molar-refractivity contribution in [3.05, 3.63) is 101 Å². The van der Waals surface area contributed by atoms with Gasteiger partial charge in [0.2, 0.25) is 21.8 Å². The Balaban J connectivity index is 1.98. The molecule has 0 fully saturated rings. The molecule has 3 aromatic rings. The smallest absolute Gasteiger partial charge is 0.243 e. The summed E-state index contributed by atoms with van der Waals surface area (Å²) in [6.07, 6.45) is 0.282. The molecular formula is C29H34ClN3O4S. The Kier molecular flexibility index (Phi) is 10.1. The van der Waals surface area contributed by atoms with E-state index in [1.54, 1.807) is 0 Å². The number of aryl methyl sites for hydroxylation is 1. The number of hydrogen-bond acceptors (Lipinski definition) is 4. The van der Waals surface area contributed by atoms with Crippen molar-refractivity contribution in [2.24, 2.45) is 0 Å². The monoisotopic (exact) mass is 555 g/mol. The second-order valence-electron chi connectivity index (χ2n) is 9.53. The SMILES string of the molecule is Cc1ccccc1CN(C(=O)CN(C)S(=O)(=O)c1ccc(Cl)cc1)C(Cc1ccccc1)C(=O)NC(C)C. The van der Waals surface area contributed by atoms with Crippen LogP contribution in [0.15, 0.2) is 83.8 Å². The number of hydrogen-bond donors (Lipinski definition) is 1. The molecule has 3 aromatic carbocycles. The van der Waals surface area contributed by atoms with E-state index < -0.39 is 28.5 Å². The Labute approximate surface area is 230 Å². The third kappa shape index (κ3) is 7.66. The average molecular weight is 556 g/mol. The van der Waals surface area contributed by atoms with E-state index >= 15 is 0 Å². The van der Waals surface area contributed by atoms with Gasteiger partial charge in [-0.15, -0.1) is 0 Å². The van der Waals surface area contributed by atoms with Gasteiger partial charge in [0.25, 0.3) is 0 Å². The van der Waals surface area contributed by atoms with Crippen LogP contribution in [-0.4, -0.2) is 55.1 Å². The number of nitrogens with one attached hydrogen (secondary N) is 1. The fourth-order valence-corrected chi connectivity index (χ4v) is 5.30. The molecule has 0 saturated carbocycles. The van der Waals surface area contributed by atoms with Crippen LogP contribution in [0.4, 0.5) is 0 Å². The van der Waals surface area contributed by atoms with Crippen molar-refractivity contribution in [2.45, 2.75) is 50.7 Å². The first-order chi connectivity index (χ1) is 18.0. The van der Waals surface area contributed by atoms with Crippen LogP contribution >= 0.6 is 11.6 Å². The predicted octanol–water partition coefficient (Wildman–Crippen LogP) is 4.43. The normalized spacial score (nSPS) is 12.4. The molecule has 38 heavy (non-hydrogen) atoms. The molecular weight excluding hydrogens is 522 g/mol. The molecule has 0 saturated heterocycles. The van der Waals surface area contributed by atoms with Crippen LogP contribution in [0.5, 0.6) is 0 Å². The summed E-state index contributed by atoms with van der Waals surface area (Å²) in [5, 5.41) is 3.35. The number of nitrogens with zero attached hydrogens (tertiary/aromatic N) is 2. The zero-order valence-electron chi connectivity index (χ0n) is 22.1. The van der Waals surface area contributed by atoms with Crippen molar-refractivity contribution >= 4 is 33.4 Å². The molecule has 0 aliphatic heterocycles. The highest BCUT2D eigenvalue weighted by atomic mass is 35.5. The van der Waals surface area contributed by atoms with Crippen molar-refractivity contribution in [1.29, 1.82) is 0 Å². The molecule has 7 nitrogen and oxygen atoms in total. The molecule has 0 aromatic heterocycles. The minimum absolute atomic E-state index is 0.0287. The highest BCUT2D eigenvalue weighted by Crippen LogP contribution is 2.20. The van der Waals surface area contributed by atoms with Gasteiger partial charge >= 0.3 is 0 Å². The summed E-state index contributed by atoms with van der Waals surface area (Å²) >= 11 is 5.92. The Morgan fingerprint density at radius 3 is 2.13 bits per heavy atom. The lowest BCUT2D eigenvalue weighted by Gasteiger charge is -2.33. The van der Waals surface area contributed by atoms with Crippen LogP contribution < -0.4 is 5.32 Å². The van der Waals surface area contributed by atoms with Crippen molar-refractivity contribution in [1.82, 2.24) is 14.5 Å². The van der Waals surface area contributed by atoms with E-state index in [9.17, 15) is 18.0 Å². The van der Waals surface area contributed by atoms with Gasteiger partial charge in [0.1, 0.15) is 6.04 Å². The lowest BCUT2D eigenvalue weighted by molar-refractivity contribution is -0.141. The molecule has 3 rings (SSSR count). The van der Waals surface area contributed by atoms with E-state index in [1.165, 1.54) is 36.2 Å². The third-order valence-corrected chi connectivity index (χ3v) is 8.25. The van der Waals surface area contributed by atoms with E-state index in [2.05, 4.69) is 5.32 Å². The van der Waals surface area contributed by atoms with Gasteiger partial charge in [-0.05, 0) is 61.7 Å². The number of halogens is 1. The summed E-state index contributed by atoms with van der Waals surface area (Å²) in [5.41, 5.74) is 2.73. The van der Waals surface area contributed by atoms with Crippen LogP contribution in [0.25, 0.3) is 0 Å². The number of benzene rings is 3. The topological polar surface area (TPSA) is 86.8 Å². The summed E-state index contributed by atoms with van der Waals surface area (Å²) in [4.78, 5) is 28.8. The molecule has 0 aliphatic rings. The molecule has 9 heteroatoms. The van der Waals surface area contributed by atoms with E-state index in [0.29, 0.717) is 5.02 Å². The first-order valence-electron chi connectivity index (χ1n) is 12.4. The molecule has 0 heterocycles. The predicted molar refractivity (Wildman–Crippen MR) is 150 cm³/mol. The Morgan fingerprint density at radius 1 is 0.921 bits per heavy atom. The van der Waals surface area contributed by atoms with Gasteiger partial charge in [0.15, 0.2) is 0 Å². The van der Waals surface area contributed by atoms with Crippen LogP contribution in [0.3, 0.4) is 0 Å². The molecule has 0 spiro atoms. The maximum Gasteiger partial charge on any atom is 0.243 e. The first-order valence-corrected chi connectivity index (χ1v) is 14.2. The zero-order chi connectivity index (χ0) is 27.9. The first kappa shape index (κ1) is 29.4. The maximum absolute atomic E-state index is 13.8. The lowest BCUT2D eigenvalue weighted by atomic mass is 10.0. The van der Waals surface area contributed by atoms with Crippen LogP contribution in [0.1, 0.15) is 30.5 Å². The van der Waals surface area contributed by atoms with E-state index in [4.69, 9.17) is 11.6 Å². The molecule has 202 valence electrons. The van der Waals surface area contributed by atoms with E-state index in [1.807, 2.05) is 75.4 Å². The summed E-state index contributed by atoms with van der Waals surface area (Å²) in [6, 6.07) is 21.9. The Bertz CT molecular complexity index is 1350. The zero-order valence-corrected chi connectivity index (χ0v) is 23.7. The van der Waals surface area contributed by atoms with Gasteiger partial charge < -0.3 is 10.2 Å². The van der Waals surface area contributed by atoms with Gasteiger partial charge in [-0.1, -0.05) is 66.2 Å². The Morgan fingerprint density at radius 2 is 1.53 bits per heavy atom. The standard InChI is InChI=1S/C29H34ClN3O4S/c1-21(2)31-29(35)27(18-23-11-6-5-7-12-23)33(19-24-13-9-8-10-22(24)3)28(34)20-32(4)38(36,37)26-16-14-25(30)15-17-26/h5-17,21,27H,18-20H2,1-4H3,(H,31,35). The summed E-state index contributed by atoms with van der Waals surface area (Å²) in [7, 11) is -2.61. The number of rotatable bonds is 11. The molecule has 0 bridgehead atoms. The van der Waals surface area contributed by atoms with Crippen molar-refractivity contribution in [3.63, 3.8) is 0 Å². The van der Waals surface area contributed by atoms with E-state index in [0.717, 1.165) is 21.0 Å². The van der Waals surface area contributed by atoms with E-state index in [-0.39, 0.29) is 29.8 Å². The highest BCUT2D eigenvalue weighted by molar-refractivity contribution is 7.89. The van der Waals surface area contributed by atoms with Gasteiger partial charge in [-0.3, -0.25) is 9.59 Å². The van der Waals surface area contributed by atoms with Gasteiger partial charge in [-0.2, -0.15) is 4.31 Å². The van der Waals surface area contributed by atoms with Gasteiger partial charge in [0.05, 0.1) is 11.4 Å². The molecule has 0 aliphatic carbocycles. The maximum atomic E-state index is 13.8. The largest absolute Gasteiger partial charge is 0.352 e. The molecule has 0 radical (unpaired) electrons. The highest BCUT2D eigenvalue weighted by Gasteiger charge is 2.33. The van der Waals surface area contributed by atoms with Crippen molar-refractivity contribution in [3.8, 4) is 0 Å². The second-order valence-corrected chi connectivity index (χ2v) is 12.0. The molecule has 1 N–H and O–H groups in total. The average Bonchev–Trinajstić information content (AvgIpc) is 2.87. The minimum Gasteiger partial charge on any atom is -0.352 e. The van der Waals surface area contributed by atoms with Crippen LogP contribution in [0.2, 0.25) is 5.02 Å². The quantitative estimate of drug-likeness (QED) is 0.379. The minimum atomic E-state index is -3.96. The number of likely N-dealkylation sites (N-methyl/N-ethyl adjacent to an activating group) is 1. The summed E-state index contributed by atoms with van der Waals surface area (Å²) in [6.45, 7) is 5.38. The number of carbonyl (C=O) groups excluding carboxylic acids is 2. The third-order valence-electron chi connectivity index (χ3n) is 6.18. The lowest BCUT2D eigenvalue weighted by Crippen LogP contribution is -2.54. The van der Waals surface area contributed by atoms with Crippen LogP contribution in [0, 0.1) is 6.92 Å². The van der Waals surface area contributed by atoms with Gasteiger partial charge in [0, 0.05) is 31.1 Å². The summed E-state index contributed by atoms with van der Waals surface area (Å²) < 4.78 is 27.4. The van der Waals surface area contributed by atoms with Crippen molar-refractivity contribution in [2.75, 3.05) is 13.6 Å². The molecule has 1 atom stereocenters. The number of amides is 2. The number of carbonyl (C=O) groups is 2. The fourth-order valence-electron chi connectivity index (χ4n) is 4.06. The summed E-state index contributed by atoms with van der Waals surface area (Å²) in [5.74, 6) is -0.776. The number of sulfonamides is 1. The second kappa shape index (κ2) is 13.0. The van der Waals surface area contributed by atoms with Crippen molar-refractivity contribution < 1.29 is 18.0 Å². The van der Waals surface area contributed by atoms with Crippen LogP contribution in [-0.2, 0) is 32.6 Å². The molecule has 2 amide bonds.